The number of carbonyl (C=O) groups is 1. The second kappa shape index (κ2) is 7.78. The first-order valence-corrected chi connectivity index (χ1v) is 8.09. The number of anilines is 2. The van der Waals surface area contributed by atoms with Gasteiger partial charge in [-0.15, -0.1) is 0 Å². The molecule has 1 aromatic heterocycles. The van der Waals surface area contributed by atoms with Crippen LogP contribution in [0, 0.1) is 5.82 Å². The molecule has 1 aromatic carbocycles. The van der Waals surface area contributed by atoms with Crippen molar-refractivity contribution in [2.24, 2.45) is 0 Å². The van der Waals surface area contributed by atoms with E-state index in [1.807, 2.05) is 0 Å². The van der Waals surface area contributed by atoms with Gasteiger partial charge >= 0.3 is 6.03 Å². The Hall–Kier alpha value is -2.90. The molecule has 0 atom stereocenters. The number of nitrogens with one attached hydrogen (secondary N) is 2. The number of amides is 2. The number of carbonyl (C=O) groups excluding carboxylic acids is 1. The molecule has 2 N–H and O–H groups in total. The fraction of sp³-hybridized carbons (Fsp3) is 0.353. The topological polar surface area (TPSA) is 79.4 Å². The molecular formula is C17H20FN5O2. The van der Waals surface area contributed by atoms with E-state index in [1.165, 1.54) is 6.07 Å². The van der Waals surface area contributed by atoms with Crippen molar-refractivity contribution >= 4 is 17.5 Å². The van der Waals surface area contributed by atoms with Gasteiger partial charge in [-0.1, -0.05) is 12.1 Å². The van der Waals surface area contributed by atoms with Crippen LogP contribution < -0.4 is 15.4 Å². The van der Waals surface area contributed by atoms with Crippen molar-refractivity contribution in [3.8, 4) is 5.88 Å². The van der Waals surface area contributed by atoms with Crippen molar-refractivity contribution in [2.75, 3.05) is 30.8 Å². The maximum Gasteiger partial charge on any atom is 0.321 e. The number of hydrogen-bond acceptors (Lipinski definition) is 5. The third kappa shape index (κ3) is 4.14. The minimum Gasteiger partial charge on any atom is -0.478 e. The molecule has 0 unspecified atom stereocenters. The molecule has 2 amide bonds. The number of benzene rings is 1. The first-order chi connectivity index (χ1) is 12.2. The van der Waals surface area contributed by atoms with E-state index < -0.39 is 5.82 Å². The molecule has 2 aromatic rings. The lowest BCUT2D eigenvalue weighted by molar-refractivity contribution is 0.197. The van der Waals surface area contributed by atoms with Crippen molar-refractivity contribution < 1.29 is 13.9 Å². The smallest absolute Gasteiger partial charge is 0.321 e. The molecule has 1 aliphatic heterocycles. The van der Waals surface area contributed by atoms with Crippen molar-refractivity contribution in [3.05, 3.63) is 42.5 Å². The van der Waals surface area contributed by atoms with Crippen LogP contribution in [0.15, 0.2) is 36.7 Å². The maximum absolute atomic E-state index is 13.6. The number of nitrogens with zero attached hydrogens (tertiary/aromatic N) is 3. The van der Waals surface area contributed by atoms with Crippen molar-refractivity contribution in [2.45, 2.75) is 18.9 Å². The Morgan fingerprint density at radius 2 is 1.96 bits per heavy atom. The molecule has 0 saturated carbocycles. The van der Waals surface area contributed by atoms with Crippen LogP contribution in [0.25, 0.3) is 0 Å². The highest BCUT2D eigenvalue weighted by molar-refractivity contribution is 5.89. The number of halogens is 1. The summed E-state index contributed by atoms with van der Waals surface area (Å²) >= 11 is 0. The van der Waals surface area contributed by atoms with Gasteiger partial charge < -0.3 is 20.3 Å². The fourth-order valence-corrected chi connectivity index (χ4v) is 2.75. The van der Waals surface area contributed by atoms with Gasteiger partial charge in [0.15, 0.2) is 5.82 Å². The number of urea groups is 1. The summed E-state index contributed by atoms with van der Waals surface area (Å²) in [6.45, 7) is 1.14. The molecule has 0 spiro atoms. The van der Waals surface area contributed by atoms with Gasteiger partial charge in [-0.2, -0.15) is 0 Å². The predicted molar refractivity (Wildman–Crippen MR) is 92.2 cm³/mol. The lowest BCUT2D eigenvalue weighted by atomic mass is 10.1. The second-order valence-corrected chi connectivity index (χ2v) is 5.73. The molecule has 3 rings (SSSR count). The Kier molecular flexibility index (Phi) is 5.27. The zero-order chi connectivity index (χ0) is 17.6. The minimum atomic E-state index is -0.442. The standard InChI is InChI=1S/C17H20FN5O2/c1-25-16-15(19-8-9-20-16)21-12-6-10-23(11-7-12)17(24)22-14-5-3-2-4-13(14)18/h2-5,8-9,12H,6-7,10-11H2,1H3,(H,19,21)(H,22,24). The summed E-state index contributed by atoms with van der Waals surface area (Å²) in [6, 6.07) is 6.01. The van der Waals surface area contributed by atoms with Crippen molar-refractivity contribution in [3.63, 3.8) is 0 Å². The van der Waals surface area contributed by atoms with Gasteiger partial charge in [0, 0.05) is 31.5 Å². The third-order valence-corrected chi connectivity index (χ3v) is 4.10. The number of methoxy groups -OCH3 is 1. The Morgan fingerprint density at radius 3 is 2.68 bits per heavy atom. The molecule has 0 aliphatic carbocycles. The zero-order valence-corrected chi connectivity index (χ0v) is 13.9. The highest BCUT2D eigenvalue weighted by atomic mass is 19.1. The molecule has 1 fully saturated rings. The van der Waals surface area contributed by atoms with Crippen LogP contribution in [0.1, 0.15) is 12.8 Å². The second-order valence-electron chi connectivity index (χ2n) is 5.73. The Labute approximate surface area is 145 Å². The molecule has 8 heteroatoms. The van der Waals surface area contributed by atoms with E-state index >= 15 is 0 Å². The SMILES string of the molecule is COc1nccnc1NC1CCN(C(=O)Nc2ccccc2F)CC1. The van der Waals surface area contributed by atoms with Gasteiger partial charge in [0.25, 0.3) is 5.88 Å². The number of rotatable bonds is 4. The van der Waals surface area contributed by atoms with Crippen LogP contribution in [0.5, 0.6) is 5.88 Å². The van der Waals surface area contributed by atoms with Crippen molar-refractivity contribution in [1.82, 2.24) is 14.9 Å². The maximum atomic E-state index is 13.6. The Morgan fingerprint density at radius 1 is 1.24 bits per heavy atom. The average Bonchev–Trinajstić information content (AvgIpc) is 2.64. The molecule has 7 nitrogen and oxygen atoms in total. The van der Waals surface area contributed by atoms with Gasteiger partial charge in [0.05, 0.1) is 12.8 Å². The summed E-state index contributed by atoms with van der Waals surface area (Å²) in [6.07, 6.45) is 4.68. The Bertz CT molecular complexity index is 734. The van der Waals surface area contributed by atoms with E-state index in [-0.39, 0.29) is 17.8 Å². The third-order valence-electron chi connectivity index (χ3n) is 4.10. The first kappa shape index (κ1) is 16.9. The lowest BCUT2D eigenvalue weighted by Gasteiger charge is -2.32. The van der Waals surface area contributed by atoms with Crippen LogP contribution in [0.4, 0.5) is 20.7 Å². The van der Waals surface area contributed by atoms with Gasteiger partial charge in [0.2, 0.25) is 0 Å². The fourth-order valence-electron chi connectivity index (χ4n) is 2.75. The normalized spacial score (nSPS) is 14.9. The average molecular weight is 345 g/mol. The minimum absolute atomic E-state index is 0.170. The van der Waals surface area contributed by atoms with E-state index in [0.29, 0.717) is 24.8 Å². The summed E-state index contributed by atoms with van der Waals surface area (Å²) in [5.74, 6) is 0.601. The quantitative estimate of drug-likeness (QED) is 0.891. The summed E-state index contributed by atoms with van der Waals surface area (Å²) in [5.41, 5.74) is 0.192. The van der Waals surface area contributed by atoms with Crippen LogP contribution in [-0.4, -0.2) is 47.1 Å². The molecule has 132 valence electrons. The van der Waals surface area contributed by atoms with Gasteiger partial charge in [-0.25, -0.2) is 19.2 Å². The number of ether oxygens (including phenoxy) is 1. The molecule has 25 heavy (non-hydrogen) atoms. The van der Waals surface area contributed by atoms with Gasteiger partial charge in [-0.3, -0.25) is 0 Å². The Balaban J connectivity index is 1.53. The van der Waals surface area contributed by atoms with Crippen LogP contribution in [0.2, 0.25) is 0 Å². The molecule has 0 radical (unpaired) electrons. The van der Waals surface area contributed by atoms with Crippen LogP contribution in [-0.2, 0) is 0 Å². The van der Waals surface area contributed by atoms with E-state index in [1.54, 1.807) is 42.6 Å². The zero-order valence-electron chi connectivity index (χ0n) is 13.9. The number of aromatic nitrogens is 2. The van der Waals surface area contributed by atoms with Crippen LogP contribution in [0.3, 0.4) is 0 Å². The largest absolute Gasteiger partial charge is 0.478 e. The van der Waals surface area contributed by atoms with E-state index in [2.05, 4.69) is 20.6 Å². The lowest BCUT2D eigenvalue weighted by Crippen LogP contribution is -2.44. The monoisotopic (exact) mass is 345 g/mol. The van der Waals surface area contributed by atoms with Gasteiger partial charge in [0.1, 0.15) is 5.82 Å². The number of para-hydroxylation sites is 1. The molecule has 0 bridgehead atoms. The summed E-state index contributed by atoms with van der Waals surface area (Å²) < 4.78 is 18.8. The number of hydrogen-bond donors (Lipinski definition) is 2. The van der Waals surface area contributed by atoms with E-state index in [4.69, 9.17) is 4.74 Å². The molecular weight excluding hydrogens is 325 g/mol. The molecule has 1 saturated heterocycles. The van der Waals surface area contributed by atoms with E-state index in [9.17, 15) is 9.18 Å². The first-order valence-electron chi connectivity index (χ1n) is 8.09. The summed E-state index contributed by atoms with van der Waals surface area (Å²) in [4.78, 5) is 22.3. The molecule has 2 heterocycles. The molecule has 1 aliphatic rings. The van der Waals surface area contributed by atoms with Gasteiger partial charge in [-0.05, 0) is 25.0 Å². The number of piperidine rings is 1. The van der Waals surface area contributed by atoms with E-state index in [0.717, 1.165) is 12.8 Å². The highest BCUT2D eigenvalue weighted by Crippen LogP contribution is 2.22. The number of likely N-dealkylation sites (tertiary alicyclic amines) is 1. The highest BCUT2D eigenvalue weighted by Gasteiger charge is 2.24. The van der Waals surface area contributed by atoms with Crippen LogP contribution >= 0.6 is 0 Å². The summed E-state index contributed by atoms with van der Waals surface area (Å²) in [7, 11) is 1.55. The predicted octanol–water partition coefficient (Wildman–Crippen LogP) is 2.73. The van der Waals surface area contributed by atoms with Crippen molar-refractivity contribution in [1.29, 1.82) is 0 Å². The summed E-state index contributed by atoms with van der Waals surface area (Å²) in [5, 5.41) is 5.91.